The molecule has 1 amide bonds. The first-order valence-electron chi connectivity index (χ1n) is 10.1. The molecule has 1 saturated heterocycles. The highest BCUT2D eigenvalue weighted by molar-refractivity contribution is 5.98. The van der Waals surface area contributed by atoms with Crippen LogP contribution in [-0.2, 0) is 0 Å². The fourth-order valence-electron chi connectivity index (χ4n) is 3.74. The van der Waals surface area contributed by atoms with Crippen LogP contribution >= 0.6 is 0 Å². The van der Waals surface area contributed by atoms with Crippen LogP contribution in [-0.4, -0.2) is 46.5 Å². The van der Waals surface area contributed by atoms with Crippen LogP contribution in [0.5, 0.6) is 17.2 Å². The standard InChI is InChI=1S/C23H25N3O5/c1-28-18-8-6-7-15-11-21(31-22(15)18)23(27)25-24-14-16-12-20(30-3)17(13-19(16)29-2)26-9-4-5-10-26/h6-8,11-14H,4-5,9-10H2,1-3H3,(H,25,27)/b24-14-. The highest BCUT2D eigenvalue weighted by Crippen LogP contribution is 2.36. The van der Waals surface area contributed by atoms with Crippen molar-refractivity contribution in [3.05, 3.63) is 47.7 Å². The zero-order valence-electron chi connectivity index (χ0n) is 17.8. The van der Waals surface area contributed by atoms with Crippen molar-refractivity contribution in [1.82, 2.24) is 5.43 Å². The van der Waals surface area contributed by atoms with Gasteiger partial charge in [-0.2, -0.15) is 5.10 Å². The van der Waals surface area contributed by atoms with Crippen LogP contribution in [0.25, 0.3) is 11.0 Å². The third-order valence-corrected chi connectivity index (χ3v) is 5.30. The van der Waals surface area contributed by atoms with Gasteiger partial charge in [-0.25, -0.2) is 5.43 Å². The molecule has 1 aliphatic rings. The largest absolute Gasteiger partial charge is 0.496 e. The lowest BCUT2D eigenvalue weighted by molar-refractivity contribution is 0.0929. The molecule has 3 aromatic rings. The Morgan fingerprint density at radius 2 is 1.77 bits per heavy atom. The minimum Gasteiger partial charge on any atom is -0.496 e. The lowest BCUT2D eigenvalue weighted by Gasteiger charge is -2.22. The molecule has 8 heteroatoms. The molecule has 0 aliphatic carbocycles. The third-order valence-electron chi connectivity index (χ3n) is 5.30. The smallest absolute Gasteiger partial charge is 0.307 e. The van der Waals surface area contributed by atoms with Gasteiger partial charge in [-0.1, -0.05) is 12.1 Å². The first-order valence-corrected chi connectivity index (χ1v) is 10.1. The van der Waals surface area contributed by atoms with E-state index in [2.05, 4.69) is 15.4 Å². The van der Waals surface area contributed by atoms with E-state index in [1.165, 1.54) is 6.21 Å². The third kappa shape index (κ3) is 4.14. The molecule has 0 radical (unpaired) electrons. The van der Waals surface area contributed by atoms with Gasteiger partial charge in [-0.3, -0.25) is 4.79 Å². The Kier molecular flexibility index (Phi) is 5.97. The minimum absolute atomic E-state index is 0.144. The summed E-state index contributed by atoms with van der Waals surface area (Å²) in [5.41, 5.74) is 4.69. The predicted octanol–water partition coefficient (Wildman–Crippen LogP) is 3.82. The van der Waals surface area contributed by atoms with E-state index < -0.39 is 5.91 Å². The van der Waals surface area contributed by atoms with Gasteiger partial charge in [0, 0.05) is 30.1 Å². The molecule has 0 atom stereocenters. The topological polar surface area (TPSA) is 85.5 Å². The molecular weight excluding hydrogens is 398 g/mol. The Hall–Kier alpha value is -3.68. The van der Waals surface area contributed by atoms with E-state index in [1.807, 2.05) is 24.3 Å². The molecular formula is C23H25N3O5. The normalized spacial score (nSPS) is 13.7. The van der Waals surface area contributed by atoms with Gasteiger partial charge in [0.15, 0.2) is 17.1 Å². The molecule has 1 N–H and O–H groups in total. The van der Waals surface area contributed by atoms with Crippen molar-refractivity contribution in [3.8, 4) is 17.2 Å². The summed E-state index contributed by atoms with van der Waals surface area (Å²) in [6.07, 6.45) is 3.85. The van der Waals surface area contributed by atoms with Crippen molar-refractivity contribution < 1.29 is 23.4 Å². The number of furan rings is 1. The number of nitrogens with one attached hydrogen (secondary N) is 1. The summed E-state index contributed by atoms with van der Waals surface area (Å²) in [4.78, 5) is 14.8. The molecule has 31 heavy (non-hydrogen) atoms. The predicted molar refractivity (Wildman–Crippen MR) is 119 cm³/mol. The summed E-state index contributed by atoms with van der Waals surface area (Å²) in [6.45, 7) is 1.98. The first kappa shape index (κ1) is 20.6. The molecule has 162 valence electrons. The molecule has 2 aromatic carbocycles. The Morgan fingerprint density at radius 3 is 2.48 bits per heavy atom. The Morgan fingerprint density at radius 1 is 1.03 bits per heavy atom. The minimum atomic E-state index is -0.464. The summed E-state index contributed by atoms with van der Waals surface area (Å²) < 4.78 is 22.0. The summed E-state index contributed by atoms with van der Waals surface area (Å²) in [5.74, 6) is 1.63. The first-order chi connectivity index (χ1) is 15.1. The number of carbonyl (C=O) groups is 1. The fourth-order valence-corrected chi connectivity index (χ4v) is 3.74. The lowest BCUT2D eigenvalue weighted by Crippen LogP contribution is -2.19. The van der Waals surface area contributed by atoms with Crippen molar-refractivity contribution in [2.75, 3.05) is 39.3 Å². The summed E-state index contributed by atoms with van der Waals surface area (Å²) in [5, 5.41) is 4.85. The van der Waals surface area contributed by atoms with Crippen LogP contribution in [0.3, 0.4) is 0 Å². The van der Waals surface area contributed by atoms with E-state index in [0.29, 0.717) is 22.6 Å². The molecule has 0 spiro atoms. The lowest BCUT2D eigenvalue weighted by atomic mass is 10.1. The van der Waals surface area contributed by atoms with E-state index in [9.17, 15) is 4.79 Å². The molecule has 0 saturated carbocycles. The fraction of sp³-hybridized carbons (Fsp3) is 0.304. The molecule has 0 unspecified atom stereocenters. The molecule has 8 nitrogen and oxygen atoms in total. The number of anilines is 1. The second-order valence-electron chi connectivity index (χ2n) is 7.15. The number of para-hydroxylation sites is 1. The molecule has 0 bridgehead atoms. The van der Waals surface area contributed by atoms with Crippen LogP contribution < -0.4 is 24.5 Å². The van der Waals surface area contributed by atoms with Crippen LogP contribution in [0.4, 0.5) is 5.69 Å². The number of carbonyl (C=O) groups excluding carboxylic acids is 1. The number of hydrogen-bond donors (Lipinski definition) is 1. The number of rotatable bonds is 7. The monoisotopic (exact) mass is 423 g/mol. The Bertz CT molecular complexity index is 1120. The van der Waals surface area contributed by atoms with Gasteiger partial charge in [-0.15, -0.1) is 0 Å². The molecule has 2 heterocycles. The maximum atomic E-state index is 12.5. The summed E-state index contributed by atoms with van der Waals surface area (Å²) in [7, 11) is 4.80. The average molecular weight is 423 g/mol. The number of hydrazone groups is 1. The summed E-state index contributed by atoms with van der Waals surface area (Å²) in [6, 6.07) is 10.9. The second-order valence-corrected chi connectivity index (χ2v) is 7.15. The molecule has 1 aliphatic heterocycles. The molecule has 1 fully saturated rings. The van der Waals surface area contributed by atoms with Gasteiger partial charge in [-0.05, 0) is 31.0 Å². The average Bonchev–Trinajstić information content (AvgIpc) is 3.48. The number of ether oxygens (including phenoxy) is 3. The highest BCUT2D eigenvalue weighted by Gasteiger charge is 2.19. The quantitative estimate of drug-likeness (QED) is 0.459. The van der Waals surface area contributed by atoms with Crippen molar-refractivity contribution in [1.29, 1.82) is 0 Å². The van der Waals surface area contributed by atoms with Crippen molar-refractivity contribution in [2.45, 2.75) is 12.8 Å². The number of hydrogen-bond acceptors (Lipinski definition) is 7. The molecule has 4 rings (SSSR count). The number of nitrogens with zero attached hydrogens (tertiary/aromatic N) is 2. The van der Waals surface area contributed by atoms with Crippen molar-refractivity contribution in [3.63, 3.8) is 0 Å². The zero-order valence-corrected chi connectivity index (χ0v) is 17.8. The van der Waals surface area contributed by atoms with Crippen molar-refractivity contribution in [2.24, 2.45) is 5.10 Å². The number of amides is 1. The van der Waals surface area contributed by atoms with Gasteiger partial charge in [0.25, 0.3) is 0 Å². The van der Waals surface area contributed by atoms with Crippen LogP contribution in [0, 0.1) is 0 Å². The Balaban J connectivity index is 1.53. The van der Waals surface area contributed by atoms with Gasteiger partial charge >= 0.3 is 5.91 Å². The second kappa shape index (κ2) is 8.99. The van der Waals surface area contributed by atoms with E-state index in [4.69, 9.17) is 18.6 Å². The van der Waals surface area contributed by atoms with Crippen LogP contribution in [0.2, 0.25) is 0 Å². The maximum Gasteiger partial charge on any atom is 0.307 e. The Labute approximate surface area is 180 Å². The van der Waals surface area contributed by atoms with E-state index in [0.717, 1.165) is 42.8 Å². The van der Waals surface area contributed by atoms with Gasteiger partial charge < -0.3 is 23.5 Å². The van der Waals surface area contributed by atoms with E-state index in [1.54, 1.807) is 33.5 Å². The maximum absolute atomic E-state index is 12.5. The number of methoxy groups -OCH3 is 3. The zero-order chi connectivity index (χ0) is 21.8. The van der Waals surface area contributed by atoms with E-state index >= 15 is 0 Å². The number of fused-ring (bicyclic) bond motifs is 1. The van der Waals surface area contributed by atoms with Gasteiger partial charge in [0.05, 0.1) is 33.2 Å². The SMILES string of the molecule is COc1cc(N2CCCC2)c(OC)cc1/C=N\NC(=O)c1cc2cccc(OC)c2o1. The van der Waals surface area contributed by atoms with Crippen molar-refractivity contribution >= 4 is 28.8 Å². The van der Waals surface area contributed by atoms with Gasteiger partial charge in [0.1, 0.15) is 11.5 Å². The van der Waals surface area contributed by atoms with Crippen LogP contribution in [0.15, 0.2) is 45.9 Å². The van der Waals surface area contributed by atoms with Gasteiger partial charge in [0.2, 0.25) is 0 Å². The van der Waals surface area contributed by atoms with E-state index in [-0.39, 0.29) is 5.76 Å². The molecule has 1 aromatic heterocycles. The number of benzene rings is 2. The highest BCUT2D eigenvalue weighted by atomic mass is 16.5. The summed E-state index contributed by atoms with van der Waals surface area (Å²) >= 11 is 0. The van der Waals surface area contributed by atoms with Crippen LogP contribution in [0.1, 0.15) is 29.0 Å².